The quantitative estimate of drug-likeness (QED) is 0.831. The molecule has 1 saturated heterocycles. The third kappa shape index (κ3) is 3.43. The van der Waals surface area contributed by atoms with E-state index in [2.05, 4.69) is 16.4 Å². The summed E-state index contributed by atoms with van der Waals surface area (Å²) >= 11 is 6.31. The zero-order chi connectivity index (χ0) is 17.2. The summed E-state index contributed by atoms with van der Waals surface area (Å²) in [5, 5.41) is 9.15. The molecule has 132 valence electrons. The summed E-state index contributed by atoms with van der Waals surface area (Å²) in [7, 11) is 0. The number of rotatable bonds is 3. The fourth-order valence-corrected chi connectivity index (χ4v) is 4.36. The highest BCUT2D eigenvalue weighted by molar-refractivity contribution is 6.31. The van der Waals surface area contributed by atoms with E-state index >= 15 is 0 Å². The average Bonchev–Trinajstić information content (AvgIpc) is 3.32. The first-order valence-corrected chi connectivity index (χ1v) is 9.55. The Morgan fingerprint density at radius 3 is 2.72 bits per heavy atom. The Labute approximate surface area is 153 Å². The molecule has 2 fully saturated rings. The molecule has 1 aliphatic heterocycles. The molecule has 25 heavy (non-hydrogen) atoms. The summed E-state index contributed by atoms with van der Waals surface area (Å²) in [6.07, 6.45) is 8.81. The predicted molar refractivity (Wildman–Crippen MR) is 96.9 cm³/mol. The van der Waals surface area contributed by atoms with Crippen molar-refractivity contribution in [3.63, 3.8) is 0 Å². The Hall–Kier alpha value is -1.88. The van der Waals surface area contributed by atoms with E-state index in [4.69, 9.17) is 11.6 Å². The van der Waals surface area contributed by atoms with Crippen LogP contribution in [-0.2, 0) is 0 Å². The van der Waals surface area contributed by atoms with Gasteiger partial charge in [0.15, 0.2) is 5.69 Å². The number of hydrogen-bond acceptors (Lipinski definition) is 3. The van der Waals surface area contributed by atoms with Gasteiger partial charge in [-0.15, -0.1) is 5.10 Å². The van der Waals surface area contributed by atoms with Crippen LogP contribution in [-0.4, -0.2) is 38.9 Å². The van der Waals surface area contributed by atoms with Crippen LogP contribution in [0, 0.1) is 0 Å². The second kappa shape index (κ2) is 7.16. The highest BCUT2D eigenvalue weighted by Crippen LogP contribution is 2.32. The Bertz CT molecular complexity index is 753. The van der Waals surface area contributed by atoms with Gasteiger partial charge in [0.05, 0.1) is 12.2 Å². The normalized spacial score (nSPS) is 21.6. The van der Waals surface area contributed by atoms with Crippen LogP contribution >= 0.6 is 11.6 Å². The van der Waals surface area contributed by atoms with E-state index in [9.17, 15) is 4.79 Å². The predicted octanol–water partition coefficient (Wildman–Crippen LogP) is 4.07. The highest BCUT2D eigenvalue weighted by Gasteiger charge is 2.30. The summed E-state index contributed by atoms with van der Waals surface area (Å²) in [5.74, 6) is 0.280. The zero-order valence-corrected chi connectivity index (χ0v) is 15.0. The van der Waals surface area contributed by atoms with Gasteiger partial charge >= 0.3 is 0 Å². The van der Waals surface area contributed by atoms with E-state index in [-0.39, 0.29) is 5.91 Å². The minimum Gasteiger partial charge on any atom is -0.337 e. The lowest BCUT2D eigenvalue weighted by Crippen LogP contribution is -2.28. The maximum absolute atomic E-state index is 12.8. The largest absolute Gasteiger partial charge is 0.337 e. The summed E-state index contributed by atoms with van der Waals surface area (Å²) < 4.78 is 1.90. The van der Waals surface area contributed by atoms with Gasteiger partial charge < -0.3 is 4.90 Å². The Morgan fingerprint density at radius 2 is 1.92 bits per heavy atom. The van der Waals surface area contributed by atoms with Crippen LogP contribution in [0.3, 0.4) is 0 Å². The molecule has 1 aromatic carbocycles. The van der Waals surface area contributed by atoms with Gasteiger partial charge in [0, 0.05) is 24.0 Å². The molecule has 1 atom stereocenters. The van der Waals surface area contributed by atoms with Crippen LogP contribution < -0.4 is 0 Å². The monoisotopic (exact) mass is 358 g/mol. The molecular weight excluding hydrogens is 336 g/mol. The van der Waals surface area contributed by atoms with Crippen LogP contribution in [0.1, 0.15) is 66.5 Å². The molecule has 5 nitrogen and oxygen atoms in total. The Balaban J connectivity index is 1.43. The third-order valence-electron chi connectivity index (χ3n) is 5.50. The number of aromatic nitrogens is 3. The first-order valence-electron chi connectivity index (χ1n) is 9.18. The third-order valence-corrected chi connectivity index (χ3v) is 5.84. The fraction of sp³-hybridized carbons (Fsp3) is 0.526. The molecule has 0 N–H and O–H groups in total. The second-order valence-corrected chi connectivity index (χ2v) is 7.54. The summed E-state index contributed by atoms with van der Waals surface area (Å²) in [6, 6.07) is 8.31. The SMILES string of the molecule is O=C(c1cn(C2CCCCC2)nn1)N1CC[C@H](c2ccccc2Cl)C1. The maximum atomic E-state index is 12.8. The molecule has 0 bridgehead atoms. The smallest absolute Gasteiger partial charge is 0.276 e. The Morgan fingerprint density at radius 1 is 1.12 bits per heavy atom. The van der Waals surface area contributed by atoms with Crippen LogP contribution in [0.25, 0.3) is 0 Å². The molecule has 0 unspecified atom stereocenters. The van der Waals surface area contributed by atoms with Gasteiger partial charge in [-0.05, 0) is 30.9 Å². The lowest BCUT2D eigenvalue weighted by molar-refractivity contribution is 0.0785. The van der Waals surface area contributed by atoms with Gasteiger partial charge in [-0.25, -0.2) is 4.68 Å². The number of nitrogens with zero attached hydrogens (tertiary/aromatic N) is 4. The van der Waals surface area contributed by atoms with Crippen molar-refractivity contribution < 1.29 is 4.79 Å². The number of carbonyl (C=O) groups excluding carboxylic acids is 1. The zero-order valence-electron chi connectivity index (χ0n) is 14.3. The van der Waals surface area contributed by atoms with E-state index in [1.165, 1.54) is 19.3 Å². The number of likely N-dealkylation sites (tertiary alicyclic amines) is 1. The molecule has 2 aliphatic rings. The molecule has 2 heterocycles. The molecular formula is C19H23ClN4O. The van der Waals surface area contributed by atoms with Crippen molar-refractivity contribution in [1.29, 1.82) is 0 Å². The minimum atomic E-state index is -0.0170. The van der Waals surface area contributed by atoms with Gasteiger partial charge in [-0.3, -0.25) is 4.79 Å². The Kier molecular flexibility index (Phi) is 4.75. The van der Waals surface area contributed by atoms with E-state index in [1.807, 2.05) is 34.0 Å². The number of carbonyl (C=O) groups is 1. The van der Waals surface area contributed by atoms with E-state index in [0.717, 1.165) is 36.4 Å². The van der Waals surface area contributed by atoms with E-state index in [1.54, 1.807) is 0 Å². The first-order chi connectivity index (χ1) is 12.2. The summed E-state index contributed by atoms with van der Waals surface area (Å²) in [4.78, 5) is 14.7. The fourth-order valence-electron chi connectivity index (χ4n) is 4.07. The van der Waals surface area contributed by atoms with Gasteiger partial charge in [0.1, 0.15) is 0 Å². The van der Waals surface area contributed by atoms with Gasteiger partial charge in [0.25, 0.3) is 5.91 Å². The van der Waals surface area contributed by atoms with Crippen LogP contribution in [0.5, 0.6) is 0 Å². The van der Waals surface area contributed by atoms with Crippen molar-refractivity contribution >= 4 is 17.5 Å². The summed E-state index contributed by atoms with van der Waals surface area (Å²) in [6.45, 7) is 1.43. The molecule has 1 aliphatic carbocycles. The van der Waals surface area contributed by atoms with Gasteiger partial charge in [-0.1, -0.05) is 54.3 Å². The molecule has 1 aromatic heterocycles. The topological polar surface area (TPSA) is 51.0 Å². The van der Waals surface area contributed by atoms with Crippen molar-refractivity contribution in [2.75, 3.05) is 13.1 Å². The van der Waals surface area contributed by atoms with Crippen molar-refractivity contribution in [3.8, 4) is 0 Å². The van der Waals surface area contributed by atoms with Crippen molar-refractivity contribution in [3.05, 3.63) is 46.7 Å². The molecule has 2 aromatic rings. The molecule has 4 rings (SSSR count). The molecule has 6 heteroatoms. The van der Waals surface area contributed by atoms with Gasteiger partial charge in [-0.2, -0.15) is 0 Å². The average molecular weight is 359 g/mol. The first kappa shape index (κ1) is 16.6. The molecule has 0 radical (unpaired) electrons. The molecule has 1 saturated carbocycles. The highest BCUT2D eigenvalue weighted by atomic mass is 35.5. The maximum Gasteiger partial charge on any atom is 0.276 e. The second-order valence-electron chi connectivity index (χ2n) is 7.13. The van der Waals surface area contributed by atoms with Gasteiger partial charge in [0.2, 0.25) is 0 Å². The van der Waals surface area contributed by atoms with E-state index < -0.39 is 0 Å². The van der Waals surface area contributed by atoms with E-state index in [0.29, 0.717) is 24.2 Å². The number of hydrogen-bond donors (Lipinski definition) is 0. The molecule has 0 spiro atoms. The number of halogens is 1. The minimum absolute atomic E-state index is 0.0170. The van der Waals surface area contributed by atoms with Crippen molar-refractivity contribution in [1.82, 2.24) is 19.9 Å². The summed E-state index contributed by atoms with van der Waals surface area (Å²) in [5.41, 5.74) is 1.59. The van der Waals surface area contributed by atoms with Crippen LogP contribution in [0.15, 0.2) is 30.5 Å². The lowest BCUT2D eigenvalue weighted by atomic mass is 9.96. The lowest BCUT2D eigenvalue weighted by Gasteiger charge is -2.21. The number of amides is 1. The van der Waals surface area contributed by atoms with Crippen molar-refractivity contribution in [2.24, 2.45) is 0 Å². The standard InChI is InChI=1S/C19H23ClN4O/c20-17-9-5-4-8-16(17)14-10-11-23(12-14)19(25)18-13-24(22-21-18)15-6-2-1-3-7-15/h4-5,8-9,13-15H,1-3,6-7,10-12H2/t14-/m0/s1. The van der Waals surface area contributed by atoms with Crippen LogP contribution in [0.4, 0.5) is 0 Å². The van der Waals surface area contributed by atoms with Crippen molar-refractivity contribution in [2.45, 2.75) is 50.5 Å². The van der Waals surface area contributed by atoms with Crippen LogP contribution in [0.2, 0.25) is 5.02 Å². The number of benzene rings is 1. The molecule has 1 amide bonds.